The third kappa shape index (κ3) is 1.06. The molecule has 1 aliphatic heterocycles. The Kier molecular flexibility index (Phi) is 1.68. The van der Waals surface area contributed by atoms with Crippen molar-refractivity contribution in [3.63, 3.8) is 0 Å². The predicted molar refractivity (Wildman–Crippen MR) is 45.1 cm³/mol. The van der Waals surface area contributed by atoms with Gasteiger partial charge in [-0.05, 0) is 29.4 Å². The highest BCUT2D eigenvalue weighted by Gasteiger charge is 2.06. The minimum atomic E-state index is 1.16. The van der Waals surface area contributed by atoms with Crippen molar-refractivity contribution in [1.29, 1.82) is 0 Å². The molecule has 0 N–H and O–H groups in total. The van der Waals surface area contributed by atoms with Gasteiger partial charge in [0.2, 0.25) is 0 Å². The predicted octanol–water partition coefficient (Wildman–Crippen LogP) is 2.28. The summed E-state index contributed by atoms with van der Waals surface area (Å²) in [4.78, 5) is 0. The van der Waals surface area contributed by atoms with E-state index in [9.17, 15) is 0 Å². The summed E-state index contributed by atoms with van der Waals surface area (Å²) in [6.45, 7) is 0. The van der Waals surface area contributed by atoms with Crippen molar-refractivity contribution in [3.05, 3.63) is 35.4 Å². The second-order valence-corrected chi connectivity index (χ2v) is 3.58. The molecular formula is C9H9S. The van der Waals surface area contributed by atoms with E-state index in [4.69, 9.17) is 0 Å². The van der Waals surface area contributed by atoms with Crippen molar-refractivity contribution < 1.29 is 0 Å². The Bertz CT molecular complexity index is 205. The molecule has 1 aliphatic rings. The third-order valence-electron chi connectivity index (χ3n) is 1.80. The number of fused-ring (bicyclic) bond motifs is 1. The van der Waals surface area contributed by atoms with Crippen molar-refractivity contribution in [3.8, 4) is 0 Å². The quantitative estimate of drug-likeness (QED) is 0.545. The van der Waals surface area contributed by atoms with Crippen LogP contribution in [0.15, 0.2) is 18.2 Å². The van der Waals surface area contributed by atoms with Crippen molar-refractivity contribution in [2.45, 2.75) is 12.2 Å². The van der Waals surface area contributed by atoms with Crippen molar-refractivity contribution in [2.75, 3.05) is 5.75 Å². The van der Waals surface area contributed by atoms with Gasteiger partial charge in [0.25, 0.3) is 0 Å². The number of thioether (sulfide) groups is 1. The van der Waals surface area contributed by atoms with E-state index in [0.29, 0.717) is 0 Å². The van der Waals surface area contributed by atoms with Crippen LogP contribution in [0.25, 0.3) is 0 Å². The molecule has 0 aliphatic carbocycles. The van der Waals surface area contributed by atoms with Gasteiger partial charge in [-0.1, -0.05) is 18.2 Å². The van der Waals surface area contributed by atoms with Crippen LogP contribution in [0, 0.1) is 6.07 Å². The third-order valence-corrected chi connectivity index (χ3v) is 2.79. The molecule has 2 rings (SSSR count). The van der Waals surface area contributed by atoms with Crippen molar-refractivity contribution >= 4 is 11.8 Å². The fraction of sp³-hybridized carbons (Fsp3) is 0.333. The molecule has 1 radical (unpaired) electrons. The van der Waals surface area contributed by atoms with E-state index >= 15 is 0 Å². The Morgan fingerprint density at radius 2 is 2.50 bits per heavy atom. The first-order valence-electron chi connectivity index (χ1n) is 3.53. The lowest BCUT2D eigenvalue weighted by atomic mass is 10.1. The smallest absolute Gasteiger partial charge is 0.0193 e. The van der Waals surface area contributed by atoms with E-state index in [1.54, 1.807) is 0 Å². The molecule has 1 heterocycles. The van der Waals surface area contributed by atoms with Gasteiger partial charge in [-0.3, -0.25) is 0 Å². The van der Waals surface area contributed by atoms with Gasteiger partial charge in [0.1, 0.15) is 0 Å². The van der Waals surface area contributed by atoms with Gasteiger partial charge >= 0.3 is 0 Å². The van der Waals surface area contributed by atoms with Gasteiger partial charge in [-0.2, -0.15) is 11.8 Å². The molecule has 0 fully saturated rings. The molecule has 0 atom stereocenters. The van der Waals surface area contributed by atoms with Crippen LogP contribution in [0.5, 0.6) is 0 Å². The minimum absolute atomic E-state index is 1.16. The van der Waals surface area contributed by atoms with E-state index < -0.39 is 0 Å². The molecule has 0 bridgehead atoms. The summed E-state index contributed by atoms with van der Waals surface area (Å²) in [6.07, 6.45) is 1.23. The molecule has 51 valence electrons. The number of aryl methyl sites for hydroxylation is 1. The van der Waals surface area contributed by atoms with Crippen LogP contribution in [0.4, 0.5) is 0 Å². The second kappa shape index (κ2) is 2.67. The number of hydrogen-bond acceptors (Lipinski definition) is 1. The first-order chi connectivity index (χ1) is 4.97. The maximum absolute atomic E-state index is 3.27. The van der Waals surface area contributed by atoms with Crippen LogP contribution in [-0.2, 0) is 12.2 Å². The van der Waals surface area contributed by atoms with Gasteiger partial charge < -0.3 is 0 Å². The SMILES string of the molecule is [c]1cccc2c1CSCC2. The van der Waals surface area contributed by atoms with E-state index in [-0.39, 0.29) is 0 Å². The van der Waals surface area contributed by atoms with Gasteiger partial charge in [0.15, 0.2) is 0 Å². The van der Waals surface area contributed by atoms with Crippen LogP contribution in [-0.4, -0.2) is 5.75 Å². The zero-order valence-electron chi connectivity index (χ0n) is 5.76. The zero-order valence-corrected chi connectivity index (χ0v) is 6.58. The molecule has 0 amide bonds. The Labute approximate surface area is 65.6 Å². The molecule has 0 unspecified atom stereocenters. The van der Waals surface area contributed by atoms with E-state index in [1.807, 2.05) is 17.8 Å². The number of rotatable bonds is 0. The monoisotopic (exact) mass is 149 g/mol. The topological polar surface area (TPSA) is 0 Å². The molecule has 1 heteroatoms. The molecule has 0 spiro atoms. The van der Waals surface area contributed by atoms with Crippen LogP contribution in [0.3, 0.4) is 0 Å². The highest BCUT2D eigenvalue weighted by Crippen LogP contribution is 2.23. The summed E-state index contributed by atoms with van der Waals surface area (Å²) in [5.74, 6) is 2.45. The van der Waals surface area contributed by atoms with E-state index in [2.05, 4.69) is 18.2 Å². The van der Waals surface area contributed by atoms with Crippen LogP contribution in [0.1, 0.15) is 11.1 Å². The average Bonchev–Trinajstić information content (AvgIpc) is 2.05. The molecule has 0 aromatic heterocycles. The van der Waals surface area contributed by atoms with E-state index in [1.165, 1.54) is 23.3 Å². The van der Waals surface area contributed by atoms with Crippen LogP contribution >= 0.6 is 11.8 Å². The molecular weight excluding hydrogens is 140 g/mol. The Balaban J connectivity index is 2.41. The summed E-state index contributed by atoms with van der Waals surface area (Å²) in [6, 6.07) is 9.56. The second-order valence-electron chi connectivity index (χ2n) is 2.48. The largest absolute Gasteiger partial charge is 0.157 e. The molecule has 0 nitrogen and oxygen atoms in total. The highest BCUT2D eigenvalue weighted by molar-refractivity contribution is 7.98. The summed E-state index contributed by atoms with van der Waals surface area (Å²) >= 11 is 2.01. The van der Waals surface area contributed by atoms with Gasteiger partial charge in [-0.15, -0.1) is 0 Å². The molecule has 0 saturated heterocycles. The molecule has 1 aromatic carbocycles. The summed E-state index contributed by atoms with van der Waals surface area (Å²) < 4.78 is 0. The summed E-state index contributed by atoms with van der Waals surface area (Å²) in [5.41, 5.74) is 2.92. The van der Waals surface area contributed by atoms with Gasteiger partial charge in [0.05, 0.1) is 0 Å². The first-order valence-corrected chi connectivity index (χ1v) is 4.68. The maximum atomic E-state index is 3.27. The molecule has 0 saturated carbocycles. The van der Waals surface area contributed by atoms with Gasteiger partial charge in [0, 0.05) is 5.75 Å². The number of hydrogen-bond donors (Lipinski definition) is 0. The lowest BCUT2D eigenvalue weighted by molar-refractivity contribution is 1.08. The zero-order chi connectivity index (χ0) is 6.81. The number of benzene rings is 1. The summed E-state index contributed by atoms with van der Waals surface area (Å²) in [7, 11) is 0. The fourth-order valence-corrected chi connectivity index (χ4v) is 2.21. The Morgan fingerprint density at radius 1 is 1.50 bits per heavy atom. The first kappa shape index (κ1) is 6.29. The normalized spacial score (nSPS) is 16.4. The maximum Gasteiger partial charge on any atom is 0.0193 e. The van der Waals surface area contributed by atoms with Crippen LogP contribution < -0.4 is 0 Å². The van der Waals surface area contributed by atoms with E-state index in [0.717, 1.165) is 5.75 Å². The lowest BCUT2D eigenvalue weighted by Gasteiger charge is -2.13. The molecule has 10 heavy (non-hydrogen) atoms. The fourth-order valence-electron chi connectivity index (χ4n) is 1.23. The minimum Gasteiger partial charge on any atom is -0.157 e. The lowest BCUT2D eigenvalue weighted by Crippen LogP contribution is -2.00. The van der Waals surface area contributed by atoms with Gasteiger partial charge in [-0.25, -0.2) is 0 Å². The summed E-state index contributed by atoms with van der Waals surface area (Å²) in [5, 5.41) is 0. The average molecular weight is 149 g/mol. The van der Waals surface area contributed by atoms with Crippen molar-refractivity contribution in [1.82, 2.24) is 0 Å². The van der Waals surface area contributed by atoms with Crippen molar-refractivity contribution in [2.24, 2.45) is 0 Å². The Hall–Kier alpha value is -0.430. The highest BCUT2D eigenvalue weighted by atomic mass is 32.2. The standard InChI is InChI=1S/C9H9S/c1-2-4-9-7-10-6-5-8(9)3-1/h1-3H,5-7H2. The Morgan fingerprint density at radius 3 is 3.40 bits per heavy atom. The molecule has 1 aromatic rings. The van der Waals surface area contributed by atoms with Crippen LogP contribution in [0.2, 0.25) is 0 Å².